The molecule has 13 rings (SSSR count). The highest BCUT2D eigenvalue weighted by atomic mass is 32.1. The van der Waals surface area contributed by atoms with Crippen molar-refractivity contribution < 1.29 is 0 Å². The van der Waals surface area contributed by atoms with Gasteiger partial charge in [0.15, 0.2) is 0 Å². The summed E-state index contributed by atoms with van der Waals surface area (Å²) in [5.74, 6) is 0.656. The molecule has 0 radical (unpaired) electrons. The van der Waals surface area contributed by atoms with Crippen molar-refractivity contribution in [3.05, 3.63) is 206 Å². The van der Waals surface area contributed by atoms with E-state index in [9.17, 15) is 0 Å². The van der Waals surface area contributed by atoms with Crippen LogP contribution in [0.5, 0.6) is 0 Å². The second kappa shape index (κ2) is 13.3. The van der Waals surface area contributed by atoms with Crippen LogP contribution in [0.25, 0.3) is 120 Å². The largest absolute Gasteiger partial charge is 0.309 e. The van der Waals surface area contributed by atoms with Crippen LogP contribution in [0.15, 0.2) is 206 Å². The van der Waals surface area contributed by atoms with E-state index in [-0.39, 0.29) is 0 Å². The number of thiophene rings is 1. The van der Waals surface area contributed by atoms with Gasteiger partial charge in [-0.05, 0) is 81.2 Å². The van der Waals surface area contributed by atoms with Crippen molar-refractivity contribution in [3.8, 4) is 44.5 Å². The van der Waals surface area contributed by atoms with Crippen LogP contribution in [0.1, 0.15) is 0 Å². The Labute approximate surface area is 354 Å². The Morgan fingerprint density at radius 1 is 0.377 bits per heavy atom. The fourth-order valence-electron chi connectivity index (χ4n) is 9.57. The first kappa shape index (κ1) is 34.0. The van der Waals surface area contributed by atoms with E-state index in [1.165, 1.54) is 59.4 Å². The molecule has 0 unspecified atom stereocenters. The van der Waals surface area contributed by atoms with E-state index in [0.717, 1.165) is 54.5 Å². The first-order valence-electron chi connectivity index (χ1n) is 20.7. The van der Waals surface area contributed by atoms with Gasteiger partial charge in [-0.25, -0.2) is 9.97 Å². The number of benzene rings is 9. The number of nitrogens with zero attached hydrogens (tertiary/aromatic N) is 4. The number of hydrogen-bond donors (Lipinski definition) is 0. The molecule has 0 spiro atoms. The van der Waals surface area contributed by atoms with Crippen LogP contribution in [-0.4, -0.2) is 19.1 Å². The van der Waals surface area contributed by atoms with Gasteiger partial charge in [-0.3, -0.25) is 4.57 Å². The number of rotatable bonds is 5. The summed E-state index contributed by atoms with van der Waals surface area (Å²) in [6, 6.07) is 74.4. The predicted octanol–water partition coefficient (Wildman–Crippen LogP) is 15.2. The maximum absolute atomic E-state index is 5.51. The van der Waals surface area contributed by atoms with E-state index in [2.05, 4.69) is 215 Å². The minimum absolute atomic E-state index is 0.656. The van der Waals surface area contributed by atoms with Gasteiger partial charge in [-0.1, -0.05) is 158 Å². The van der Waals surface area contributed by atoms with Gasteiger partial charge in [0.2, 0.25) is 5.95 Å². The quantitative estimate of drug-likeness (QED) is 0.174. The van der Waals surface area contributed by atoms with Gasteiger partial charge in [0.25, 0.3) is 0 Å². The van der Waals surface area contributed by atoms with E-state index in [0.29, 0.717) is 5.95 Å². The van der Waals surface area contributed by atoms with E-state index in [1.807, 2.05) is 0 Å². The molecule has 0 saturated heterocycles. The smallest absolute Gasteiger partial charge is 0.235 e. The molecule has 4 heterocycles. The summed E-state index contributed by atoms with van der Waals surface area (Å²) in [7, 11) is 0. The van der Waals surface area contributed by atoms with Gasteiger partial charge in [-0.15, -0.1) is 11.3 Å². The van der Waals surface area contributed by atoms with Crippen LogP contribution >= 0.6 is 11.3 Å². The maximum Gasteiger partial charge on any atom is 0.235 e. The molecule has 0 fully saturated rings. The third-order valence-corrected chi connectivity index (χ3v) is 13.5. The monoisotopic (exact) mass is 794 g/mol. The van der Waals surface area contributed by atoms with Gasteiger partial charge in [0.05, 0.1) is 38.0 Å². The van der Waals surface area contributed by atoms with Gasteiger partial charge in [-0.2, -0.15) is 0 Å². The Morgan fingerprint density at radius 2 is 1.02 bits per heavy atom. The third-order valence-electron chi connectivity index (χ3n) is 12.3. The minimum atomic E-state index is 0.656. The lowest BCUT2D eigenvalue weighted by Gasteiger charge is -2.12. The van der Waals surface area contributed by atoms with E-state index in [4.69, 9.17) is 9.97 Å². The Balaban J connectivity index is 1.09. The molecule has 0 N–H and O–H groups in total. The van der Waals surface area contributed by atoms with Crippen molar-refractivity contribution in [2.45, 2.75) is 0 Å². The molecular formula is C56H34N4S. The van der Waals surface area contributed by atoms with Gasteiger partial charge in [0, 0.05) is 43.2 Å². The lowest BCUT2D eigenvalue weighted by molar-refractivity contribution is 1.02. The lowest BCUT2D eigenvalue weighted by atomic mass is 9.99. The van der Waals surface area contributed by atoms with Crippen LogP contribution in [0.4, 0.5) is 0 Å². The molecule has 4 nitrogen and oxygen atoms in total. The molecule has 0 saturated carbocycles. The summed E-state index contributed by atoms with van der Waals surface area (Å²) >= 11 is 1.77. The molecule has 0 atom stereocenters. The molecule has 13 aromatic rings. The number of fused-ring (bicyclic) bond motifs is 9. The highest BCUT2D eigenvalue weighted by Crippen LogP contribution is 2.44. The molecular weight excluding hydrogens is 761 g/mol. The zero-order valence-electron chi connectivity index (χ0n) is 32.8. The van der Waals surface area contributed by atoms with Crippen LogP contribution in [-0.2, 0) is 0 Å². The first-order chi connectivity index (χ1) is 30.2. The highest BCUT2D eigenvalue weighted by molar-refractivity contribution is 7.22. The van der Waals surface area contributed by atoms with Crippen molar-refractivity contribution in [3.63, 3.8) is 0 Å². The fraction of sp³-hybridized carbons (Fsp3) is 0. The maximum atomic E-state index is 5.51. The summed E-state index contributed by atoms with van der Waals surface area (Å²) in [5.41, 5.74) is 12.2. The predicted molar refractivity (Wildman–Crippen MR) is 257 cm³/mol. The fourth-order valence-corrected chi connectivity index (χ4v) is 10.7. The number of para-hydroxylation sites is 3. The van der Waals surface area contributed by atoms with Crippen molar-refractivity contribution in [2.75, 3.05) is 0 Å². The second-order valence-corrected chi connectivity index (χ2v) is 16.8. The number of aromatic nitrogens is 4. The topological polar surface area (TPSA) is 35.6 Å². The zero-order chi connectivity index (χ0) is 40.0. The second-order valence-electron chi connectivity index (χ2n) is 15.8. The average Bonchev–Trinajstić information content (AvgIpc) is 4.01. The van der Waals surface area contributed by atoms with E-state index < -0.39 is 0 Å². The van der Waals surface area contributed by atoms with Crippen molar-refractivity contribution in [1.82, 2.24) is 19.1 Å². The molecule has 61 heavy (non-hydrogen) atoms. The van der Waals surface area contributed by atoms with Crippen LogP contribution in [0.3, 0.4) is 0 Å². The van der Waals surface area contributed by atoms with Gasteiger partial charge >= 0.3 is 0 Å². The summed E-state index contributed by atoms with van der Waals surface area (Å²) in [4.78, 5) is 12.1. The normalized spacial score (nSPS) is 11.9. The Morgan fingerprint density at radius 3 is 1.87 bits per heavy atom. The third kappa shape index (κ3) is 5.24. The Hall–Kier alpha value is -7.86. The molecule has 284 valence electrons. The van der Waals surface area contributed by atoms with E-state index >= 15 is 0 Å². The Kier molecular flexibility index (Phi) is 7.44. The van der Waals surface area contributed by atoms with E-state index in [1.54, 1.807) is 11.3 Å². The lowest BCUT2D eigenvalue weighted by Crippen LogP contribution is -2.02. The first-order valence-corrected chi connectivity index (χ1v) is 21.5. The molecule has 0 bridgehead atoms. The molecule has 0 aliphatic carbocycles. The van der Waals surface area contributed by atoms with Crippen LogP contribution in [0, 0.1) is 0 Å². The summed E-state index contributed by atoms with van der Waals surface area (Å²) < 4.78 is 5.78. The van der Waals surface area contributed by atoms with Gasteiger partial charge in [0.1, 0.15) is 0 Å². The molecule has 0 aliphatic heterocycles. The summed E-state index contributed by atoms with van der Waals surface area (Å²) in [6.45, 7) is 0. The molecule has 0 aliphatic rings. The van der Waals surface area contributed by atoms with Crippen LogP contribution in [0.2, 0.25) is 0 Å². The molecule has 5 heteroatoms. The molecule has 4 aromatic heterocycles. The summed E-state index contributed by atoms with van der Waals surface area (Å²) in [5, 5.41) is 9.63. The standard InChI is InChI=1S/C56H34N4S/c1-3-16-36(17-4-1)53-55-48(34-52(61-55)44-26-13-20-35-15-9-10-23-41(35)44)57-56(58-53)60-50-30-29-39(32-46(50)47-31-37-18-7-8-19-38(37)33-51(47)60)42-25-14-27-45-43-24-11-12-28-49(43)59(54(42)45)40-21-5-2-6-22-40/h1-34H. The summed E-state index contributed by atoms with van der Waals surface area (Å²) in [6.07, 6.45) is 0. The minimum Gasteiger partial charge on any atom is -0.309 e. The average molecular weight is 795 g/mol. The van der Waals surface area contributed by atoms with Crippen LogP contribution < -0.4 is 0 Å². The number of hydrogen-bond acceptors (Lipinski definition) is 3. The van der Waals surface area contributed by atoms with Gasteiger partial charge < -0.3 is 4.57 Å². The van der Waals surface area contributed by atoms with Crippen molar-refractivity contribution in [1.29, 1.82) is 0 Å². The molecule has 9 aromatic carbocycles. The van der Waals surface area contributed by atoms with Crippen molar-refractivity contribution >= 4 is 86.7 Å². The highest BCUT2D eigenvalue weighted by Gasteiger charge is 2.22. The van der Waals surface area contributed by atoms with Crippen molar-refractivity contribution in [2.24, 2.45) is 0 Å². The Bertz CT molecular complexity index is 3870. The molecule has 0 amide bonds. The SMILES string of the molecule is c1ccc(-c2nc(-n3c4ccc(-c5cccc6c7ccccc7n(-c7ccccc7)c56)cc4c4cc5ccccc5cc43)nc3cc(-c4cccc5ccccc45)sc23)cc1. The zero-order valence-corrected chi connectivity index (χ0v) is 33.6.